The van der Waals surface area contributed by atoms with Gasteiger partial charge in [-0.2, -0.15) is 11.8 Å². The van der Waals surface area contributed by atoms with Gasteiger partial charge in [0.2, 0.25) is 0 Å². The summed E-state index contributed by atoms with van der Waals surface area (Å²) in [4.78, 5) is 0. The molecule has 0 spiro atoms. The first-order valence-corrected chi connectivity index (χ1v) is 5.63. The molecule has 1 saturated heterocycles. The van der Waals surface area contributed by atoms with E-state index in [-0.39, 0.29) is 0 Å². The molecule has 1 saturated carbocycles. The van der Waals surface area contributed by atoms with Crippen LogP contribution in [0.1, 0.15) is 38.5 Å². The summed E-state index contributed by atoms with van der Waals surface area (Å²) in [6.45, 7) is 0. The van der Waals surface area contributed by atoms with Crippen LogP contribution in [0.25, 0.3) is 0 Å². The van der Waals surface area contributed by atoms with Crippen molar-refractivity contribution >= 4 is 11.8 Å². The van der Waals surface area contributed by atoms with Crippen molar-refractivity contribution in [1.29, 1.82) is 0 Å². The largest absolute Gasteiger partial charge is 0.158 e. The first-order chi connectivity index (χ1) is 4.97. The normalized spacial score (nSPS) is 40.8. The Morgan fingerprint density at radius 1 is 0.900 bits per heavy atom. The van der Waals surface area contributed by atoms with Crippen LogP contribution >= 0.6 is 11.8 Å². The Labute approximate surface area is 67.8 Å². The van der Waals surface area contributed by atoms with Crippen LogP contribution in [0.15, 0.2) is 0 Å². The molecule has 10 heavy (non-hydrogen) atoms. The molecule has 1 aliphatic heterocycles. The molecule has 2 rings (SSSR count). The van der Waals surface area contributed by atoms with Crippen LogP contribution in [0.2, 0.25) is 0 Å². The molecule has 0 amide bonds. The van der Waals surface area contributed by atoms with E-state index in [1.54, 1.807) is 0 Å². The van der Waals surface area contributed by atoms with E-state index in [9.17, 15) is 0 Å². The van der Waals surface area contributed by atoms with Gasteiger partial charge in [-0.3, -0.25) is 0 Å². The highest BCUT2D eigenvalue weighted by atomic mass is 32.2. The molecule has 0 aromatic heterocycles. The van der Waals surface area contributed by atoms with Crippen molar-refractivity contribution in [3.8, 4) is 0 Å². The van der Waals surface area contributed by atoms with Gasteiger partial charge in [-0.25, -0.2) is 0 Å². The summed E-state index contributed by atoms with van der Waals surface area (Å²) in [7, 11) is 0. The zero-order valence-corrected chi connectivity index (χ0v) is 7.33. The zero-order valence-electron chi connectivity index (χ0n) is 6.51. The van der Waals surface area contributed by atoms with E-state index in [4.69, 9.17) is 0 Å². The summed E-state index contributed by atoms with van der Waals surface area (Å²) in [6.07, 6.45) is 9.09. The molecule has 0 N–H and O–H groups in total. The third-order valence-corrected chi connectivity index (χ3v) is 4.47. The molecule has 0 bridgehead atoms. The minimum atomic E-state index is 1.08. The molecule has 2 atom stereocenters. The lowest BCUT2D eigenvalue weighted by Gasteiger charge is -2.37. The van der Waals surface area contributed by atoms with Crippen LogP contribution in [0.5, 0.6) is 0 Å². The molecule has 2 aliphatic rings. The smallest absolute Gasteiger partial charge is 0.00754 e. The van der Waals surface area contributed by atoms with Crippen molar-refractivity contribution in [2.75, 3.05) is 5.75 Å². The molecule has 0 aromatic carbocycles. The molecule has 2 unspecified atom stereocenters. The van der Waals surface area contributed by atoms with Gasteiger partial charge in [0.25, 0.3) is 0 Å². The molecular weight excluding hydrogens is 140 g/mol. The molecule has 1 heteroatoms. The van der Waals surface area contributed by atoms with Crippen molar-refractivity contribution in [3.63, 3.8) is 0 Å². The summed E-state index contributed by atoms with van der Waals surface area (Å²) < 4.78 is 0. The number of rotatable bonds is 0. The maximum absolute atomic E-state index is 2.25. The summed E-state index contributed by atoms with van der Waals surface area (Å²) >= 11 is 2.25. The highest BCUT2D eigenvalue weighted by Gasteiger charge is 2.30. The number of fused-ring (bicyclic) bond motifs is 1. The Morgan fingerprint density at radius 3 is 2.70 bits per heavy atom. The number of thioether (sulfide) groups is 1. The fraction of sp³-hybridized carbons (Fsp3) is 1.00. The van der Waals surface area contributed by atoms with E-state index in [1.165, 1.54) is 44.3 Å². The fourth-order valence-electron chi connectivity index (χ4n) is 2.01. The Hall–Kier alpha value is 0.350. The second-order valence-corrected chi connectivity index (χ2v) is 4.94. The average molecular weight is 156 g/mol. The van der Waals surface area contributed by atoms with Crippen LogP contribution in [0.4, 0.5) is 0 Å². The summed E-state index contributed by atoms with van der Waals surface area (Å²) in [5.74, 6) is 2.58. The number of hydrogen-bond acceptors (Lipinski definition) is 1. The highest BCUT2D eigenvalue weighted by molar-refractivity contribution is 7.99. The van der Waals surface area contributed by atoms with Crippen molar-refractivity contribution in [1.82, 2.24) is 0 Å². The molecule has 0 radical (unpaired) electrons. The van der Waals surface area contributed by atoms with Gasteiger partial charge in [0.05, 0.1) is 0 Å². The SMILES string of the molecule is C1CCSC2CCC2CC1. The third-order valence-electron chi connectivity index (χ3n) is 2.90. The standard InChI is InChI=1S/C9H16S/c1-2-4-8-5-6-9(8)10-7-3-1/h8-9H,1-7H2. The lowest BCUT2D eigenvalue weighted by Crippen LogP contribution is -2.29. The Morgan fingerprint density at radius 2 is 1.90 bits per heavy atom. The monoisotopic (exact) mass is 156 g/mol. The lowest BCUT2D eigenvalue weighted by atomic mass is 9.81. The molecular formula is C9H16S. The van der Waals surface area contributed by atoms with E-state index in [1.807, 2.05) is 0 Å². The molecule has 1 heterocycles. The van der Waals surface area contributed by atoms with E-state index < -0.39 is 0 Å². The van der Waals surface area contributed by atoms with Crippen LogP contribution in [0.3, 0.4) is 0 Å². The molecule has 58 valence electrons. The second kappa shape index (κ2) is 3.17. The molecule has 2 fully saturated rings. The van der Waals surface area contributed by atoms with Gasteiger partial charge in [-0.1, -0.05) is 12.8 Å². The van der Waals surface area contributed by atoms with Gasteiger partial charge < -0.3 is 0 Å². The Bertz CT molecular complexity index is 97.3. The minimum Gasteiger partial charge on any atom is -0.158 e. The van der Waals surface area contributed by atoms with E-state index in [0.717, 1.165) is 11.2 Å². The van der Waals surface area contributed by atoms with E-state index in [2.05, 4.69) is 11.8 Å². The lowest BCUT2D eigenvalue weighted by molar-refractivity contribution is 0.297. The van der Waals surface area contributed by atoms with Crippen LogP contribution in [0, 0.1) is 5.92 Å². The van der Waals surface area contributed by atoms with Crippen LogP contribution in [-0.4, -0.2) is 11.0 Å². The summed E-state index contributed by atoms with van der Waals surface area (Å²) in [6, 6.07) is 0. The van der Waals surface area contributed by atoms with Gasteiger partial charge in [0.15, 0.2) is 0 Å². The molecule has 1 aliphatic carbocycles. The quantitative estimate of drug-likeness (QED) is 0.519. The molecule has 0 nitrogen and oxygen atoms in total. The summed E-state index contributed by atoms with van der Waals surface area (Å²) in [5.41, 5.74) is 0. The number of hydrogen-bond donors (Lipinski definition) is 0. The topological polar surface area (TPSA) is 0 Å². The average Bonchev–Trinajstić information content (AvgIpc) is 1.89. The molecule has 0 aromatic rings. The Kier molecular flexibility index (Phi) is 2.22. The van der Waals surface area contributed by atoms with E-state index in [0.29, 0.717) is 0 Å². The van der Waals surface area contributed by atoms with Crippen molar-refractivity contribution < 1.29 is 0 Å². The van der Waals surface area contributed by atoms with Gasteiger partial charge >= 0.3 is 0 Å². The Balaban J connectivity index is 1.83. The van der Waals surface area contributed by atoms with Crippen molar-refractivity contribution in [3.05, 3.63) is 0 Å². The van der Waals surface area contributed by atoms with Crippen LogP contribution < -0.4 is 0 Å². The van der Waals surface area contributed by atoms with Gasteiger partial charge in [0.1, 0.15) is 0 Å². The van der Waals surface area contributed by atoms with Gasteiger partial charge in [-0.15, -0.1) is 0 Å². The zero-order chi connectivity index (χ0) is 6.81. The fourth-order valence-corrected chi connectivity index (χ4v) is 3.53. The summed E-state index contributed by atoms with van der Waals surface area (Å²) in [5, 5.41) is 1.08. The maximum Gasteiger partial charge on any atom is 0.00754 e. The maximum atomic E-state index is 2.25. The van der Waals surface area contributed by atoms with Gasteiger partial charge in [0, 0.05) is 5.25 Å². The predicted octanol–water partition coefficient (Wildman–Crippen LogP) is 3.07. The van der Waals surface area contributed by atoms with Crippen molar-refractivity contribution in [2.45, 2.75) is 43.8 Å². The predicted molar refractivity (Wildman–Crippen MR) is 47.4 cm³/mol. The highest BCUT2D eigenvalue weighted by Crippen LogP contribution is 2.42. The van der Waals surface area contributed by atoms with Crippen molar-refractivity contribution in [2.24, 2.45) is 5.92 Å². The first-order valence-electron chi connectivity index (χ1n) is 4.58. The van der Waals surface area contributed by atoms with E-state index >= 15 is 0 Å². The van der Waals surface area contributed by atoms with Gasteiger partial charge in [-0.05, 0) is 37.4 Å². The second-order valence-electron chi connectivity index (χ2n) is 3.60. The third kappa shape index (κ3) is 1.34. The van der Waals surface area contributed by atoms with Crippen LogP contribution in [-0.2, 0) is 0 Å². The minimum absolute atomic E-state index is 1.08. The first kappa shape index (κ1) is 7.02.